The highest BCUT2D eigenvalue weighted by Gasteiger charge is 2.10. The third kappa shape index (κ3) is 5.18. The van der Waals surface area contributed by atoms with Crippen molar-refractivity contribution in [3.63, 3.8) is 0 Å². The van der Waals surface area contributed by atoms with E-state index in [0.29, 0.717) is 13.0 Å². The highest BCUT2D eigenvalue weighted by molar-refractivity contribution is 5.81. The topological polar surface area (TPSA) is 44.8 Å². The molecule has 0 aliphatic rings. The van der Waals surface area contributed by atoms with Gasteiger partial charge in [0, 0.05) is 6.42 Å². The highest BCUT2D eigenvalue weighted by Crippen LogP contribution is 2.24. The van der Waals surface area contributed by atoms with Gasteiger partial charge >= 0.3 is 5.97 Å². The van der Waals surface area contributed by atoms with Crippen molar-refractivity contribution in [3.05, 3.63) is 54.8 Å². The van der Waals surface area contributed by atoms with E-state index in [0.717, 1.165) is 11.3 Å². The Balaban J connectivity index is 2.67. The van der Waals surface area contributed by atoms with Gasteiger partial charge in [-0.2, -0.15) is 0 Å². The second-order valence-corrected chi connectivity index (χ2v) is 3.98. The Kier molecular flexibility index (Phi) is 6.96. The average molecular weight is 276 g/mol. The third-order valence-corrected chi connectivity index (χ3v) is 2.60. The van der Waals surface area contributed by atoms with E-state index in [4.69, 9.17) is 14.2 Å². The summed E-state index contributed by atoms with van der Waals surface area (Å²) in [5, 5.41) is 0. The summed E-state index contributed by atoms with van der Waals surface area (Å²) in [5.74, 6) is 0.368. The van der Waals surface area contributed by atoms with Gasteiger partial charge in [0.25, 0.3) is 0 Å². The minimum Gasteiger partial charge on any atom is -0.497 e. The van der Waals surface area contributed by atoms with Crippen molar-refractivity contribution in [1.29, 1.82) is 0 Å². The molecule has 4 nitrogen and oxygen atoms in total. The first-order valence-electron chi connectivity index (χ1n) is 6.44. The molecule has 0 amide bonds. The van der Waals surface area contributed by atoms with Crippen molar-refractivity contribution in [3.8, 4) is 5.75 Å². The maximum absolute atomic E-state index is 11.2. The van der Waals surface area contributed by atoms with Gasteiger partial charge in [-0.3, -0.25) is 0 Å². The van der Waals surface area contributed by atoms with Crippen LogP contribution in [0.15, 0.2) is 49.3 Å². The largest absolute Gasteiger partial charge is 0.497 e. The van der Waals surface area contributed by atoms with E-state index in [1.54, 1.807) is 20.1 Å². The SMILES string of the molecule is C=CCC(O/C=C/C(=O)OCC)c1ccc(OC)cc1. The molecule has 0 bridgehead atoms. The second kappa shape index (κ2) is 8.80. The Morgan fingerprint density at radius 3 is 2.60 bits per heavy atom. The first-order valence-corrected chi connectivity index (χ1v) is 6.44. The lowest BCUT2D eigenvalue weighted by molar-refractivity contribution is -0.137. The van der Waals surface area contributed by atoms with Crippen LogP contribution in [0.25, 0.3) is 0 Å². The van der Waals surface area contributed by atoms with E-state index in [2.05, 4.69) is 6.58 Å². The number of ether oxygens (including phenoxy) is 3. The number of carbonyl (C=O) groups excluding carboxylic acids is 1. The van der Waals surface area contributed by atoms with Crippen molar-refractivity contribution in [1.82, 2.24) is 0 Å². The zero-order chi connectivity index (χ0) is 14.8. The van der Waals surface area contributed by atoms with Gasteiger partial charge in [-0.15, -0.1) is 6.58 Å². The third-order valence-electron chi connectivity index (χ3n) is 2.60. The van der Waals surface area contributed by atoms with Crippen molar-refractivity contribution in [2.24, 2.45) is 0 Å². The van der Waals surface area contributed by atoms with Crippen molar-refractivity contribution < 1.29 is 19.0 Å². The predicted octanol–water partition coefficient (Wildman–Crippen LogP) is 3.41. The Morgan fingerprint density at radius 2 is 2.05 bits per heavy atom. The molecule has 0 saturated carbocycles. The molecule has 0 aromatic heterocycles. The molecule has 0 saturated heterocycles. The molecule has 0 spiro atoms. The minimum absolute atomic E-state index is 0.191. The molecule has 0 fully saturated rings. The maximum Gasteiger partial charge on any atom is 0.333 e. The number of hydrogen-bond donors (Lipinski definition) is 0. The summed E-state index contributed by atoms with van der Waals surface area (Å²) in [6.07, 6.45) is 4.84. The molecule has 1 aromatic carbocycles. The maximum atomic E-state index is 11.2. The molecular formula is C16H20O4. The van der Waals surface area contributed by atoms with Crippen LogP contribution in [-0.4, -0.2) is 19.7 Å². The monoisotopic (exact) mass is 276 g/mol. The number of methoxy groups -OCH3 is 1. The lowest BCUT2D eigenvalue weighted by Crippen LogP contribution is -2.02. The smallest absolute Gasteiger partial charge is 0.333 e. The molecule has 1 aromatic rings. The lowest BCUT2D eigenvalue weighted by atomic mass is 10.1. The average Bonchev–Trinajstić information content (AvgIpc) is 2.47. The molecule has 0 N–H and O–H groups in total. The van der Waals surface area contributed by atoms with E-state index < -0.39 is 5.97 Å². The molecule has 1 atom stereocenters. The van der Waals surface area contributed by atoms with Crippen LogP contribution in [0.4, 0.5) is 0 Å². The molecule has 0 aliphatic heterocycles. The normalized spacial score (nSPS) is 11.9. The number of benzene rings is 1. The fraction of sp³-hybridized carbons (Fsp3) is 0.312. The van der Waals surface area contributed by atoms with Gasteiger partial charge in [-0.1, -0.05) is 18.2 Å². The fourth-order valence-electron chi connectivity index (χ4n) is 1.62. The van der Waals surface area contributed by atoms with Gasteiger partial charge in [-0.05, 0) is 24.6 Å². The van der Waals surface area contributed by atoms with E-state index in [-0.39, 0.29) is 6.10 Å². The first kappa shape index (κ1) is 15.8. The molecule has 1 unspecified atom stereocenters. The van der Waals surface area contributed by atoms with Crippen LogP contribution >= 0.6 is 0 Å². The quantitative estimate of drug-likeness (QED) is 0.316. The number of carbonyl (C=O) groups is 1. The van der Waals surface area contributed by atoms with E-state index in [1.165, 1.54) is 12.3 Å². The van der Waals surface area contributed by atoms with Gasteiger partial charge in [0.1, 0.15) is 11.9 Å². The van der Waals surface area contributed by atoms with Crippen LogP contribution in [0.2, 0.25) is 0 Å². The number of hydrogen-bond acceptors (Lipinski definition) is 4. The van der Waals surface area contributed by atoms with Crippen LogP contribution in [0, 0.1) is 0 Å². The Morgan fingerprint density at radius 1 is 1.35 bits per heavy atom. The summed E-state index contributed by atoms with van der Waals surface area (Å²) in [4.78, 5) is 11.2. The summed E-state index contributed by atoms with van der Waals surface area (Å²) in [5.41, 5.74) is 0.985. The summed E-state index contributed by atoms with van der Waals surface area (Å²) in [6.45, 7) is 5.81. The van der Waals surface area contributed by atoms with Crippen molar-refractivity contribution in [2.45, 2.75) is 19.4 Å². The van der Waals surface area contributed by atoms with Crippen LogP contribution in [0.1, 0.15) is 25.0 Å². The van der Waals surface area contributed by atoms with Gasteiger partial charge in [-0.25, -0.2) is 4.79 Å². The number of esters is 1. The zero-order valence-electron chi connectivity index (χ0n) is 11.9. The molecule has 20 heavy (non-hydrogen) atoms. The minimum atomic E-state index is -0.417. The van der Waals surface area contributed by atoms with E-state index in [9.17, 15) is 4.79 Å². The lowest BCUT2D eigenvalue weighted by Gasteiger charge is -2.15. The predicted molar refractivity (Wildman–Crippen MR) is 77.4 cm³/mol. The van der Waals surface area contributed by atoms with Crippen LogP contribution in [0.3, 0.4) is 0 Å². The second-order valence-electron chi connectivity index (χ2n) is 3.98. The Bertz CT molecular complexity index is 448. The Labute approximate surface area is 119 Å². The summed E-state index contributed by atoms with van der Waals surface area (Å²) >= 11 is 0. The van der Waals surface area contributed by atoms with Crippen LogP contribution < -0.4 is 4.74 Å². The number of rotatable bonds is 8. The van der Waals surface area contributed by atoms with Crippen LogP contribution in [-0.2, 0) is 14.3 Å². The fourth-order valence-corrected chi connectivity index (χ4v) is 1.62. The van der Waals surface area contributed by atoms with Crippen LogP contribution in [0.5, 0.6) is 5.75 Å². The molecule has 108 valence electrons. The van der Waals surface area contributed by atoms with Crippen molar-refractivity contribution in [2.75, 3.05) is 13.7 Å². The summed E-state index contributed by atoms with van der Waals surface area (Å²) in [6, 6.07) is 7.57. The molecule has 0 aliphatic carbocycles. The van der Waals surface area contributed by atoms with Gasteiger partial charge in [0.2, 0.25) is 0 Å². The Hall–Kier alpha value is -2.23. The highest BCUT2D eigenvalue weighted by atomic mass is 16.5. The molecule has 1 rings (SSSR count). The molecule has 0 radical (unpaired) electrons. The zero-order valence-corrected chi connectivity index (χ0v) is 11.9. The van der Waals surface area contributed by atoms with Crippen molar-refractivity contribution >= 4 is 5.97 Å². The first-order chi connectivity index (χ1) is 9.71. The van der Waals surface area contributed by atoms with Gasteiger partial charge in [0.05, 0.1) is 26.1 Å². The molecular weight excluding hydrogens is 256 g/mol. The molecule has 4 heteroatoms. The van der Waals surface area contributed by atoms with Gasteiger partial charge in [0.15, 0.2) is 0 Å². The molecule has 0 heterocycles. The van der Waals surface area contributed by atoms with E-state index in [1.807, 2.05) is 24.3 Å². The summed E-state index contributed by atoms with van der Waals surface area (Å²) < 4.78 is 15.5. The van der Waals surface area contributed by atoms with Gasteiger partial charge < -0.3 is 14.2 Å². The van der Waals surface area contributed by atoms with E-state index >= 15 is 0 Å². The standard InChI is InChI=1S/C16H20O4/c1-4-6-15(20-12-11-16(17)19-5-2)13-7-9-14(18-3)10-8-13/h4,7-12,15H,1,5-6H2,2-3H3/b12-11+. The summed E-state index contributed by atoms with van der Waals surface area (Å²) in [7, 11) is 1.62.